The molecule has 0 unspecified atom stereocenters. The zero-order chi connectivity index (χ0) is 9.40. The van der Waals surface area contributed by atoms with E-state index in [1.807, 2.05) is 0 Å². The van der Waals surface area contributed by atoms with Gasteiger partial charge in [0.15, 0.2) is 0 Å². The van der Waals surface area contributed by atoms with Gasteiger partial charge in [0.1, 0.15) is 12.0 Å². The van der Waals surface area contributed by atoms with Crippen molar-refractivity contribution in [3.8, 4) is 0 Å². The zero-order valence-electron chi connectivity index (χ0n) is 6.71. The molecule has 68 valence electrons. The molecule has 0 fully saturated rings. The molecule has 0 atom stereocenters. The summed E-state index contributed by atoms with van der Waals surface area (Å²) in [6.45, 7) is 4.21. The Bertz CT molecular complexity index is 188. The van der Waals surface area contributed by atoms with E-state index in [4.69, 9.17) is 11.5 Å². The van der Waals surface area contributed by atoms with Crippen molar-refractivity contribution in [3.05, 3.63) is 12.3 Å². The van der Waals surface area contributed by atoms with E-state index in [-0.39, 0.29) is 11.6 Å². The van der Waals surface area contributed by atoms with Crippen molar-refractivity contribution >= 4 is 12.2 Å². The van der Waals surface area contributed by atoms with Crippen LogP contribution in [0.5, 0.6) is 0 Å². The Hall–Kier alpha value is -1.56. The Balaban J connectivity index is 3.69. The van der Waals surface area contributed by atoms with Gasteiger partial charge < -0.3 is 16.8 Å². The van der Waals surface area contributed by atoms with E-state index in [1.54, 1.807) is 0 Å². The Kier molecular flexibility index (Phi) is 5.37. The molecule has 0 saturated heterocycles. The topological polar surface area (TPSA) is 106 Å². The number of hydrogen-bond donors (Lipinski definition) is 4. The van der Waals surface area contributed by atoms with E-state index in [0.717, 1.165) is 6.34 Å². The van der Waals surface area contributed by atoms with E-state index in [1.165, 1.54) is 0 Å². The SMILES string of the molecule is C=C(N/N=C\N)C(=O)NCCN. The van der Waals surface area contributed by atoms with E-state index in [0.29, 0.717) is 13.1 Å². The molecule has 6 N–H and O–H groups in total. The van der Waals surface area contributed by atoms with Gasteiger partial charge in [0.25, 0.3) is 5.91 Å². The van der Waals surface area contributed by atoms with Crippen LogP contribution in [0.3, 0.4) is 0 Å². The molecule has 6 nitrogen and oxygen atoms in total. The van der Waals surface area contributed by atoms with Gasteiger partial charge in [0, 0.05) is 13.1 Å². The molecule has 0 aliphatic rings. The molecule has 0 aliphatic carbocycles. The van der Waals surface area contributed by atoms with Crippen LogP contribution < -0.4 is 22.2 Å². The van der Waals surface area contributed by atoms with Crippen molar-refractivity contribution < 1.29 is 4.79 Å². The van der Waals surface area contributed by atoms with Crippen LogP contribution in [0.4, 0.5) is 0 Å². The van der Waals surface area contributed by atoms with Crippen LogP contribution in [0, 0.1) is 0 Å². The maximum atomic E-state index is 11.0. The van der Waals surface area contributed by atoms with E-state index >= 15 is 0 Å². The van der Waals surface area contributed by atoms with E-state index < -0.39 is 0 Å². The molecule has 0 bridgehead atoms. The molecular weight excluding hydrogens is 158 g/mol. The number of hydrogen-bond acceptors (Lipinski definition) is 4. The number of carbonyl (C=O) groups excluding carboxylic acids is 1. The summed E-state index contributed by atoms with van der Waals surface area (Å²) in [5, 5.41) is 5.91. The molecule has 0 radical (unpaired) electrons. The van der Waals surface area contributed by atoms with Gasteiger partial charge in [-0.3, -0.25) is 10.2 Å². The first-order valence-electron chi connectivity index (χ1n) is 3.38. The highest BCUT2D eigenvalue weighted by Gasteiger charge is 2.02. The highest BCUT2D eigenvalue weighted by atomic mass is 16.2. The van der Waals surface area contributed by atoms with Gasteiger partial charge in [0.2, 0.25) is 0 Å². The highest BCUT2D eigenvalue weighted by molar-refractivity contribution is 5.92. The van der Waals surface area contributed by atoms with Crippen LogP contribution in [0.2, 0.25) is 0 Å². The molecule has 0 heterocycles. The lowest BCUT2D eigenvalue weighted by atomic mass is 10.4. The number of amides is 1. The number of rotatable bonds is 5. The molecule has 0 spiro atoms. The average molecular weight is 171 g/mol. The number of nitrogens with two attached hydrogens (primary N) is 2. The Morgan fingerprint density at radius 3 is 2.83 bits per heavy atom. The second-order valence-corrected chi connectivity index (χ2v) is 1.91. The first-order valence-corrected chi connectivity index (χ1v) is 3.38. The summed E-state index contributed by atoms with van der Waals surface area (Å²) in [6.07, 6.45) is 1.03. The van der Waals surface area contributed by atoms with Crippen LogP contribution in [0.1, 0.15) is 0 Å². The Morgan fingerprint density at radius 1 is 1.67 bits per heavy atom. The summed E-state index contributed by atoms with van der Waals surface area (Å²) >= 11 is 0. The summed E-state index contributed by atoms with van der Waals surface area (Å²) in [5.74, 6) is -0.342. The van der Waals surface area contributed by atoms with Crippen molar-refractivity contribution in [2.75, 3.05) is 13.1 Å². The largest absolute Gasteiger partial charge is 0.388 e. The maximum absolute atomic E-state index is 11.0. The first-order chi connectivity index (χ1) is 5.72. The minimum atomic E-state index is -0.342. The van der Waals surface area contributed by atoms with Gasteiger partial charge in [-0.1, -0.05) is 6.58 Å². The van der Waals surface area contributed by atoms with Crippen LogP contribution in [-0.4, -0.2) is 25.3 Å². The maximum Gasteiger partial charge on any atom is 0.268 e. The first kappa shape index (κ1) is 10.4. The molecule has 6 heteroatoms. The van der Waals surface area contributed by atoms with Crippen molar-refractivity contribution in [1.29, 1.82) is 0 Å². The van der Waals surface area contributed by atoms with Gasteiger partial charge in [0.05, 0.1) is 0 Å². The van der Waals surface area contributed by atoms with Gasteiger partial charge in [-0.05, 0) is 0 Å². The Morgan fingerprint density at radius 2 is 2.33 bits per heavy atom. The predicted octanol–water partition coefficient (Wildman–Crippen LogP) is -1.93. The van der Waals surface area contributed by atoms with E-state index in [9.17, 15) is 4.79 Å². The smallest absolute Gasteiger partial charge is 0.268 e. The molecule has 0 saturated carbocycles. The van der Waals surface area contributed by atoms with Crippen molar-refractivity contribution in [1.82, 2.24) is 10.7 Å². The van der Waals surface area contributed by atoms with Crippen LogP contribution in [0.15, 0.2) is 17.4 Å². The third-order valence-electron chi connectivity index (χ3n) is 0.978. The average Bonchev–Trinajstić information content (AvgIpc) is 2.10. The quantitative estimate of drug-likeness (QED) is 0.167. The van der Waals surface area contributed by atoms with Crippen LogP contribution >= 0.6 is 0 Å². The molecule has 0 aromatic rings. The molecule has 12 heavy (non-hydrogen) atoms. The lowest BCUT2D eigenvalue weighted by Gasteiger charge is -2.04. The summed E-state index contributed by atoms with van der Waals surface area (Å²) in [7, 11) is 0. The fourth-order valence-corrected chi connectivity index (χ4v) is 0.458. The number of carbonyl (C=O) groups is 1. The standard InChI is InChI=1S/C6H13N5O/c1-5(11-10-4-8)6(12)9-3-2-7/h4,11H,1-3,7H2,(H2,8,10)(H,9,12). The van der Waals surface area contributed by atoms with Gasteiger partial charge in [-0.15, -0.1) is 0 Å². The summed E-state index contributed by atoms with van der Waals surface area (Å²) in [6, 6.07) is 0. The molecule has 0 rings (SSSR count). The van der Waals surface area contributed by atoms with Crippen molar-refractivity contribution in [2.45, 2.75) is 0 Å². The zero-order valence-corrected chi connectivity index (χ0v) is 6.71. The fraction of sp³-hybridized carbons (Fsp3) is 0.333. The van der Waals surface area contributed by atoms with Crippen molar-refractivity contribution in [3.63, 3.8) is 0 Å². The summed E-state index contributed by atoms with van der Waals surface area (Å²) < 4.78 is 0. The fourth-order valence-electron chi connectivity index (χ4n) is 0.458. The molecule has 0 aromatic carbocycles. The van der Waals surface area contributed by atoms with Gasteiger partial charge >= 0.3 is 0 Å². The third kappa shape index (κ3) is 4.29. The normalized spacial score (nSPS) is 9.75. The Labute approximate surface area is 70.7 Å². The number of nitrogens with one attached hydrogen (secondary N) is 2. The monoisotopic (exact) mass is 171 g/mol. The molecule has 1 amide bonds. The van der Waals surface area contributed by atoms with Gasteiger partial charge in [-0.2, -0.15) is 5.10 Å². The molecular formula is C6H13N5O. The number of nitrogens with zero attached hydrogens (tertiary/aromatic N) is 1. The molecule has 0 aliphatic heterocycles. The number of hydrazone groups is 1. The van der Waals surface area contributed by atoms with E-state index in [2.05, 4.69) is 22.4 Å². The van der Waals surface area contributed by atoms with Crippen LogP contribution in [0.25, 0.3) is 0 Å². The lowest BCUT2D eigenvalue weighted by molar-refractivity contribution is -0.117. The second kappa shape index (κ2) is 6.17. The minimum Gasteiger partial charge on any atom is -0.388 e. The predicted molar refractivity (Wildman–Crippen MR) is 47.0 cm³/mol. The second-order valence-electron chi connectivity index (χ2n) is 1.91. The lowest BCUT2D eigenvalue weighted by Crippen LogP contribution is -2.33. The molecule has 0 aromatic heterocycles. The van der Waals surface area contributed by atoms with Crippen molar-refractivity contribution in [2.24, 2.45) is 16.6 Å². The third-order valence-corrected chi connectivity index (χ3v) is 0.978. The summed E-state index contributed by atoms with van der Waals surface area (Å²) in [4.78, 5) is 11.0. The minimum absolute atomic E-state index is 0.130. The summed E-state index contributed by atoms with van der Waals surface area (Å²) in [5.41, 5.74) is 12.6. The van der Waals surface area contributed by atoms with Crippen LogP contribution in [-0.2, 0) is 4.79 Å². The highest BCUT2D eigenvalue weighted by Crippen LogP contribution is 1.81. The van der Waals surface area contributed by atoms with Gasteiger partial charge in [-0.25, -0.2) is 0 Å².